The van der Waals surface area contributed by atoms with Gasteiger partial charge in [-0.05, 0) is 60.0 Å². The van der Waals surface area contributed by atoms with E-state index in [1.54, 1.807) is 0 Å². The van der Waals surface area contributed by atoms with Gasteiger partial charge in [-0.1, -0.05) is 84.9 Å². The summed E-state index contributed by atoms with van der Waals surface area (Å²) in [4.78, 5) is 2.37. The van der Waals surface area contributed by atoms with Gasteiger partial charge in [0.15, 0.2) is 5.58 Å². The third kappa shape index (κ3) is 3.31. The molecule has 0 N–H and O–H groups in total. The van der Waals surface area contributed by atoms with Crippen LogP contribution in [-0.2, 0) is 0 Å². The van der Waals surface area contributed by atoms with Crippen LogP contribution in [0.25, 0.3) is 74.8 Å². The van der Waals surface area contributed by atoms with Crippen molar-refractivity contribution in [3.8, 4) is 0 Å². The fourth-order valence-electron chi connectivity index (χ4n) is 6.89. The van der Waals surface area contributed by atoms with Crippen molar-refractivity contribution in [2.45, 2.75) is 0 Å². The van der Waals surface area contributed by atoms with E-state index >= 15 is 0 Å². The number of fused-ring (bicyclic) bond motifs is 11. The molecule has 3 nitrogen and oxygen atoms in total. The summed E-state index contributed by atoms with van der Waals surface area (Å²) in [5.41, 5.74) is 6.71. The van der Waals surface area contributed by atoms with Gasteiger partial charge in [-0.15, -0.1) is 11.3 Å². The molecule has 3 aromatic heterocycles. The average Bonchev–Trinajstić information content (AvgIpc) is 3.77. The van der Waals surface area contributed by atoms with Crippen LogP contribution in [0.3, 0.4) is 0 Å². The molecule has 0 aliphatic carbocycles. The Morgan fingerprint density at radius 3 is 2.09 bits per heavy atom. The summed E-state index contributed by atoms with van der Waals surface area (Å²) in [6.07, 6.45) is 0. The van der Waals surface area contributed by atoms with Crippen molar-refractivity contribution in [3.05, 3.63) is 140 Å². The number of nitrogens with zero attached hydrogens (tertiary/aromatic N) is 1. The van der Waals surface area contributed by atoms with Crippen LogP contribution in [0.15, 0.2) is 148 Å². The zero-order chi connectivity index (χ0) is 28.8. The van der Waals surface area contributed by atoms with E-state index < -0.39 is 0 Å². The number of benzene rings is 7. The molecule has 0 bridgehead atoms. The highest BCUT2D eigenvalue weighted by Crippen LogP contribution is 2.48. The van der Waals surface area contributed by atoms with Crippen LogP contribution < -0.4 is 4.90 Å². The van der Waals surface area contributed by atoms with Gasteiger partial charge in [0, 0.05) is 52.8 Å². The molecule has 0 saturated carbocycles. The van der Waals surface area contributed by atoms with E-state index in [0.29, 0.717) is 0 Å². The summed E-state index contributed by atoms with van der Waals surface area (Å²) in [7, 11) is 0. The molecule has 0 fully saturated rings. The molecule has 10 aromatic rings. The molecule has 44 heavy (non-hydrogen) atoms. The van der Waals surface area contributed by atoms with Crippen molar-refractivity contribution < 1.29 is 8.83 Å². The standard InChI is InChI=1S/C40H23NO2S/c1-2-10-26-24(9-1)19-21-29-28-13-7-15-33(40(28)43-39(26)29)41(25-20-22-35-31(23-25)27-11-3-5-16-34(27)42-35)32-14-8-18-37-38(32)30-12-4-6-17-36(30)44-37/h1-23H. The van der Waals surface area contributed by atoms with Gasteiger partial charge in [0.25, 0.3) is 0 Å². The molecule has 7 aromatic carbocycles. The predicted molar refractivity (Wildman–Crippen MR) is 186 cm³/mol. The number of rotatable bonds is 3. The Balaban J connectivity index is 1.33. The molecule has 0 aliphatic rings. The monoisotopic (exact) mass is 581 g/mol. The van der Waals surface area contributed by atoms with Crippen molar-refractivity contribution in [2.75, 3.05) is 4.90 Å². The molecular formula is C40H23NO2S. The quantitative estimate of drug-likeness (QED) is 0.208. The maximum Gasteiger partial charge on any atom is 0.159 e. The zero-order valence-electron chi connectivity index (χ0n) is 23.5. The number of para-hydroxylation sites is 2. The summed E-state index contributed by atoms with van der Waals surface area (Å²) in [5, 5.41) is 9.21. The maximum atomic E-state index is 6.89. The smallest absolute Gasteiger partial charge is 0.159 e. The molecule has 0 atom stereocenters. The van der Waals surface area contributed by atoms with Crippen molar-refractivity contribution in [3.63, 3.8) is 0 Å². The Bertz CT molecular complexity index is 2750. The van der Waals surface area contributed by atoms with E-state index in [0.717, 1.165) is 66.3 Å². The lowest BCUT2D eigenvalue weighted by Crippen LogP contribution is -2.10. The van der Waals surface area contributed by atoms with Gasteiger partial charge in [-0.2, -0.15) is 0 Å². The van der Waals surface area contributed by atoms with E-state index in [-0.39, 0.29) is 0 Å². The van der Waals surface area contributed by atoms with E-state index in [2.05, 4.69) is 132 Å². The number of anilines is 3. The van der Waals surface area contributed by atoms with Crippen LogP contribution in [-0.4, -0.2) is 0 Å². The van der Waals surface area contributed by atoms with Crippen LogP contribution in [0.1, 0.15) is 0 Å². The molecular weight excluding hydrogens is 559 g/mol. The normalized spacial score (nSPS) is 12.1. The molecule has 4 heteroatoms. The fourth-order valence-corrected chi connectivity index (χ4v) is 8.02. The molecule has 0 unspecified atom stereocenters. The average molecular weight is 582 g/mol. The van der Waals surface area contributed by atoms with Gasteiger partial charge in [0.2, 0.25) is 0 Å². The first-order valence-corrected chi connectivity index (χ1v) is 15.6. The van der Waals surface area contributed by atoms with Gasteiger partial charge in [-0.3, -0.25) is 0 Å². The topological polar surface area (TPSA) is 29.5 Å². The maximum absolute atomic E-state index is 6.89. The number of thiophene rings is 1. The first-order valence-electron chi connectivity index (χ1n) is 14.8. The minimum absolute atomic E-state index is 0.868. The number of furan rings is 2. The largest absolute Gasteiger partial charge is 0.456 e. The summed E-state index contributed by atoms with van der Waals surface area (Å²) >= 11 is 1.83. The lowest BCUT2D eigenvalue weighted by Gasteiger charge is -2.26. The second kappa shape index (κ2) is 8.96. The molecule has 3 heterocycles. The van der Waals surface area contributed by atoms with E-state index in [1.807, 2.05) is 23.5 Å². The van der Waals surface area contributed by atoms with E-state index in [1.165, 1.54) is 25.6 Å². The second-order valence-electron chi connectivity index (χ2n) is 11.3. The lowest BCUT2D eigenvalue weighted by molar-refractivity contribution is 0.669. The number of hydrogen-bond acceptors (Lipinski definition) is 4. The summed E-state index contributed by atoms with van der Waals surface area (Å²) < 4.78 is 15.6. The summed E-state index contributed by atoms with van der Waals surface area (Å²) in [5.74, 6) is 0. The second-order valence-corrected chi connectivity index (χ2v) is 12.4. The van der Waals surface area contributed by atoms with E-state index in [9.17, 15) is 0 Å². The van der Waals surface area contributed by atoms with Gasteiger partial charge >= 0.3 is 0 Å². The summed E-state index contributed by atoms with van der Waals surface area (Å²) in [6, 6.07) is 49.4. The van der Waals surface area contributed by atoms with E-state index in [4.69, 9.17) is 8.83 Å². The third-order valence-corrected chi connectivity index (χ3v) is 9.99. The number of hydrogen-bond donors (Lipinski definition) is 0. The molecule has 0 radical (unpaired) electrons. The fraction of sp³-hybridized carbons (Fsp3) is 0. The van der Waals surface area contributed by atoms with Crippen molar-refractivity contribution in [1.29, 1.82) is 0 Å². The molecule has 206 valence electrons. The van der Waals surface area contributed by atoms with Gasteiger partial charge in [0.1, 0.15) is 16.7 Å². The Hall–Kier alpha value is -5.58. The molecule has 0 saturated heterocycles. The summed E-state index contributed by atoms with van der Waals surface area (Å²) in [6.45, 7) is 0. The molecule has 0 spiro atoms. The van der Waals surface area contributed by atoms with Crippen LogP contribution in [0.5, 0.6) is 0 Å². The van der Waals surface area contributed by atoms with Gasteiger partial charge in [0.05, 0.1) is 11.4 Å². The van der Waals surface area contributed by atoms with Crippen LogP contribution in [0.2, 0.25) is 0 Å². The van der Waals surface area contributed by atoms with Gasteiger partial charge in [-0.25, -0.2) is 0 Å². The minimum Gasteiger partial charge on any atom is -0.456 e. The highest BCUT2D eigenvalue weighted by molar-refractivity contribution is 7.26. The van der Waals surface area contributed by atoms with Gasteiger partial charge < -0.3 is 13.7 Å². The lowest BCUT2D eigenvalue weighted by atomic mass is 10.0. The Morgan fingerprint density at radius 2 is 1.14 bits per heavy atom. The Kier molecular flexibility index (Phi) is 4.87. The van der Waals surface area contributed by atoms with Crippen molar-refractivity contribution in [2.24, 2.45) is 0 Å². The Labute approximate surface area is 255 Å². The molecule has 0 amide bonds. The van der Waals surface area contributed by atoms with Crippen molar-refractivity contribution >= 4 is 103 Å². The van der Waals surface area contributed by atoms with Crippen molar-refractivity contribution in [1.82, 2.24) is 0 Å². The highest BCUT2D eigenvalue weighted by atomic mass is 32.1. The molecule has 10 rings (SSSR count). The van der Waals surface area contributed by atoms with Crippen LogP contribution >= 0.6 is 11.3 Å². The van der Waals surface area contributed by atoms with Crippen LogP contribution in [0, 0.1) is 0 Å². The SMILES string of the molecule is c1ccc2c(c1)ccc1c3cccc(N(c4ccc5oc6ccccc6c5c4)c4cccc5sc6ccccc6c45)c3oc21. The minimum atomic E-state index is 0.868. The first-order chi connectivity index (χ1) is 21.8. The first kappa shape index (κ1) is 23.9. The Morgan fingerprint density at radius 1 is 0.432 bits per heavy atom. The molecule has 0 aliphatic heterocycles. The highest BCUT2D eigenvalue weighted by Gasteiger charge is 2.23. The zero-order valence-corrected chi connectivity index (χ0v) is 24.3. The predicted octanol–water partition coefficient (Wildman–Crippen LogP) is 12.5. The van der Waals surface area contributed by atoms with Crippen LogP contribution in [0.4, 0.5) is 17.1 Å². The third-order valence-electron chi connectivity index (χ3n) is 8.85.